The molecule has 0 fully saturated rings. The SMILES string of the molecule is O=C(NC(Cc1csc2ccccc12)C(=O)O)C(Cc1ccc(-c2ccccc2)cc1)CP(=O)(O)CCc1ccccc1. The fourth-order valence-electron chi connectivity index (χ4n) is 5.27. The van der Waals surface area contributed by atoms with Crippen molar-refractivity contribution < 1.29 is 24.2 Å². The highest BCUT2D eigenvalue weighted by molar-refractivity contribution is 7.58. The molecule has 0 bridgehead atoms. The van der Waals surface area contributed by atoms with E-state index in [-0.39, 0.29) is 25.2 Å². The lowest BCUT2D eigenvalue weighted by Gasteiger charge is -2.23. The van der Waals surface area contributed by atoms with Gasteiger partial charge < -0.3 is 15.3 Å². The molecular formula is C35H34NO5PS. The summed E-state index contributed by atoms with van der Waals surface area (Å²) in [6.07, 6.45) is 0.549. The number of fused-ring (bicyclic) bond motifs is 1. The second kappa shape index (κ2) is 14.0. The zero-order chi connectivity index (χ0) is 30.2. The highest BCUT2D eigenvalue weighted by Gasteiger charge is 2.32. The van der Waals surface area contributed by atoms with Crippen molar-refractivity contribution >= 4 is 40.7 Å². The van der Waals surface area contributed by atoms with Crippen LogP contribution in [0.2, 0.25) is 0 Å². The normalized spacial score (nSPS) is 14.1. The Labute approximate surface area is 255 Å². The number of rotatable bonds is 13. The van der Waals surface area contributed by atoms with Crippen molar-refractivity contribution in [1.82, 2.24) is 5.32 Å². The summed E-state index contributed by atoms with van der Waals surface area (Å²) in [7, 11) is -3.73. The molecule has 1 aromatic heterocycles. The standard InChI is InChI=1S/C35H34NO5PS/c37-34(36-32(35(38)39)22-30-24-43-33-14-8-7-13-31(30)33)29(23-42(40,41)20-19-25-9-3-1-4-10-25)21-26-15-17-28(18-16-26)27-11-5-2-6-12-27/h1-18,24,29,32H,19-23H2,(H,36,37)(H,38,39)(H,40,41). The molecule has 3 N–H and O–H groups in total. The van der Waals surface area contributed by atoms with E-state index >= 15 is 0 Å². The number of hydrogen-bond donors (Lipinski definition) is 3. The number of nitrogens with one attached hydrogen (secondary N) is 1. The summed E-state index contributed by atoms with van der Waals surface area (Å²) in [4.78, 5) is 37.0. The topological polar surface area (TPSA) is 104 Å². The molecular weight excluding hydrogens is 577 g/mol. The molecule has 220 valence electrons. The van der Waals surface area contributed by atoms with Crippen LogP contribution in [-0.4, -0.2) is 40.2 Å². The predicted octanol–water partition coefficient (Wildman–Crippen LogP) is 7.05. The van der Waals surface area contributed by atoms with Gasteiger partial charge in [0, 0.05) is 23.4 Å². The summed E-state index contributed by atoms with van der Waals surface area (Å²) in [5.74, 6) is -2.56. The van der Waals surface area contributed by atoms with Crippen LogP contribution in [0.15, 0.2) is 115 Å². The summed E-state index contributed by atoms with van der Waals surface area (Å²) in [6, 6.07) is 33.8. The number of benzene rings is 4. The number of carboxylic acid groups (broad SMARTS) is 1. The Bertz CT molecular complexity index is 1720. The first-order valence-corrected chi connectivity index (χ1v) is 17.2. The van der Waals surface area contributed by atoms with Crippen LogP contribution in [0.5, 0.6) is 0 Å². The van der Waals surface area contributed by atoms with Crippen molar-refractivity contribution in [2.75, 3.05) is 12.3 Å². The van der Waals surface area contributed by atoms with Gasteiger partial charge in [-0.25, -0.2) is 4.79 Å². The van der Waals surface area contributed by atoms with Crippen LogP contribution in [0.3, 0.4) is 0 Å². The lowest BCUT2D eigenvalue weighted by atomic mass is 9.96. The zero-order valence-electron chi connectivity index (χ0n) is 23.6. The van der Waals surface area contributed by atoms with Gasteiger partial charge in [-0.2, -0.15) is 0 Å². The maximum atomic E-state index is 13.7. The van der Waals surface area contributed by atoms with E-state index in [0.717, 1.165) is 37.9 Å². The molecule has 4 aromatic carbocycles. The van der Waals surface area contributed by atoms with Crippen LogP contribution in [0, 0.1) is 5.92 Å². The average Bonchev–Trinajstić information content (AvgIpc) is 3.43. The van der Waals surface area contributed by atoms with E-state index in [1.165, 1.54) is 11.3 Å². The summed E-state index contributed by atoms with van der Waals surface area (Å²) >= 11 is 1.53. The number of hydrogen-bond acceptors (Lipinski definition) is 4. The molecule has 6 nitrogen and oxygen atoms in total. The van der Waals surface area contributed by atoms with E-state index < -0.39 is 31.2 Å². The minimum Gasteiger partial charge on any atom is -0.480 e. The Morgan fingerprint density at radius 1 is 0.767 bits per heavy atom. The van der Waals surface area contributed by atoms with E-state index in [9.17, 15) is 24.2 Å². The van der Waals surface area contributed by atoms with E-state index in [1.54, 1.807) is 0 Å². The summed E-state index contributed by atoms with van der Waals surface area (Å²) in [6.45, 7) is 0. The number of carbonyl (C=O) groups is 2. The first-order chi connectivity index (χ1) is 20.8. The van der Waals surface area contributed by atoms with Gasteiger partial charge in [0.2, 0.25) is 13.3 Å². The number of amides is 1. The second-order valence-corrected chi connectivity index (χ2v) is 14.2. The number of carboxylic acids is 1. The van der Waals surface area contributed by atoms with Gasteiger partial charge in [-0.1, -0.05) is 103 Å². The number of aliphatic carboxylic acids is 1. The van der Waals surface area contributed by atoms with Gasteiger partial charge in [-0.3, -0.25) is 9.36 Å². The van der Waals surface area contributed by atoms with Crippen LogP contribution in [0.1, 0.15) is 16.7 Å². The molecule has 1 heterocycles. The Morgan fingerprint density at radius 2 is 1.40 bits per heavy atom. The molecule has 5 rings (SSSR count). The smallest absolute Gasteiger partial charge is 0.326 e. The quantitative estimate of drug-likeness (QED) is 0.124. The first-order valence-electron chi connectivity index (χ1n) is 14.2. The van der Waals surface area contributed by atoms with Gasteiger partial charge in [-0.15, -0.1) is 11.3 Å². The van der Waals surface area contributed by atoms with E-state index in [0.29, 0.717) is 6.42 Å². The first kappa shape index (κ1) is 30.4. The predicted molar refractivity (Wildman–Crippen MR) is 174 cm³/mol. The number of thiophene rings is 1. The van der Waals surface area contributed by atoms with Crippen molar-refractivity contribution in [3.63, 3.8) is 0 Å². The number of carbonyl (C=O) groups excluding carboxylic acids is 1. The highest BCUT2D eigenvalue weighted by atomic mass is 32.1. The Morgan fingerprint density at radius 3 is 2.09 bits per heavy atom. The van der Waals surface area contributed by atoms with Crippen molar-refractivity contribution in [3.05, 3.63) is 131 Å². The van der Waals surface area contributed by atoms with Crippen LogP contribution >= 0.6 is 18.7 Å². The third kappa shape index (κ3) is 8.29. The van der Waals surface area contributed by atoms with E-state index in [2.05, 4.69) is 5.32 Å². The molecule has 0 aliphatic rings. The van der Waals surface area contributed by atoms with E-state index in [1.807, 2.05) is 115 Å². The van der Waals surface area contributed by atoms with Crippen molar-refractivity contribution in [3.8, 4) is 11.1 Å². The van der Waals surface area contributed by atoms with Crippen LogP contribution in [0.4, 0.5) is 0 Å². The second-order valence-electron chi connectivity index (χ2n) is 10.8. The minimum absolute atomic E-state index is 0.0387. The van der Waals surface area contributed by atoms with Gasteiger partial charge >= 0.3 is 5.97 Å². The molecule has 0 aliphatic carbocycles. The molecule has 3 atom stereocenters. The molecule has 0 saturated heterocycles. The van der Waals surface area contributed by atoms with Gasteiger partial charge in [-0.05, 0) is 57.5 Å². The van der Waals surface area contributed by atoms with Gasteiger partial charge in [0.05, 0.1) is 5.92 Å². The molecule has 1 amide bonds. The van der Waals surface area contributed by atoms with Gasteiger partial charge in [0.1, 0.15) is 6.04 Å². The molecule has 0 spiro atoms. The van der Waals surface area contributed by atoms with E-state index in [4.69, 9.17) is 0 Å². The maximum Gasteiger partial charge on any atom is 0.326 e. The Balaban J connectivity index is 1.34. The molecule has 0 saturated carbocycles. The summed E-state index contributed by atoms with van der Waals surface area (Å²) in [5, 5.41) is 15.6. The summed E-state index contributed by atoms with van der Waals surface area (Å²) in [5.41, 5.74) is 4.71. The summed E-state index contributed by atoms with van der Waals surface area (Å²) < 4.78 is 14.5. The fourth-order valence-corrected chi connectivity index (χ4v) is 8.02. The molecule has 5 aromatic rings. The lowest BCUT2D eigenvalue weighted by molar-refractivity contribution is -0.142. The largest absolute Gasteiger partial charge is 0.480 e. The third-order valence-electron chi connectivity index (χ3n) is 7.61. The Kier molecular flexibility index (Phi) is 9.88. The molecule has 0 radical (unpaired) electrons. The minimum atomic E-state index is -3.73. The fraction of sp³-hybridized carbons (Fsp3) is 0.200. The van der Waals surface area contributed by atoms with Crippen LogP contribution < -0.4 is 5.32 Å². The van der Waals surface area contributed by atoms with Gasteiger partial charge in [0.25, 0.3) is 0 Å². The van der Waals surface area contributed by atoms with Crippen molar-refractivity contribution in [2.24, 2.45) is 5.92 Å². The van der Waals surface area contributed by atoms with Crippen molar-refractivity contribution in [2.45, 2.75) is 25.3 Å². The molecule has 3 unspecified atom stereocenters. The van der Waals surface area contributed by atoms with Gasteiger partial charge in [0.15, 0.2) is 0 Å². The average molecular weight is 612 g/mol. The lowest BCUT2D eigenvalue weighted by Crippen LogP contribution is -2.46. The molecule has 0 aliphatic heterocycles. The maximum absolute atomic E-state index is 13.7. The third-order valence-corrected chi connectivity index (χ3v) is 10.6. The zero-order valence-corrected chi connectivity index (χ0v) is 25.3. The highest BCUT2D eigenvalue weighted by Crippen LogP contribution is 2.44. The monoisotopic (exact) mass is 611 g/mol. The van der Waals surface area contributed by atoms with Crippen molar-refractivity contribution in [1.29, 1.82) is 0 Å². The molecule has 8 heteroatoms. The molecule has 43 heavy (non-hydrogen) atoms. The van der Waals surface area contributed by atoms with Crippen LogP contribution in [-0.2, 0) is 33.4 Å². The number of aryl methyl sites for hydroxylation is 1. The van der Waals surface area contributed by atoms with Crippen LogP contribution in [0.25, 0.3) is 21.2 Å². The Hall–Kier alpha value is -4.03.